The third kappa shape index (κ3) is 2.75. The van der Waals surface area contributed by atoms with Gasteiger partial charge in [0.25, 0.3) is 0 Å². The van der Waals surface area contributed by atoms with Crippen LogP contribution in [-0.2, 0) is 0 Å². The first kappa shape index (κ1) is 15.8. The van der Waals surface area contributed by atoms with E-state index in [1.165, 1.54) is 15.3 Å². The van der Waals surface area contributed by atoms with E-state index in [9.17, 15) is 0 Å². The number of aromatic nitrogens is 3. The fraction of sp³-hybridized carbons (Fsp3) is 0.150. The average Bonchev–Trinajstić information content (AvgIpc) is 3.21. The molecule has 0 fully saturated rings. The Kier molecular flexibility index (Phi) is 3.69. The molecule has 0 spiro atoms. The standard InChI is InChI=1S/C20H16N4S2/c1-11-3-5-14(21-9-11)15-6-4-13(10-22-15)20-24-17-8-18-16(7-19(17)26-20)23-12(2)25-18/h3-10,12,23H,1-2H3/t12-/m0/s1. The average molecular weight is 377 g/mol. The Morgan fingerprint density at radius 3 is 2.54 bits per heavy atom. The third-order valence-corrected chi connectivity index (χ3v) is 6.47. The molecule has 0 saturated carbocycles. The van der Waals surface area contributed by atoms with Gasteiger partial charge in [-0.2, -0.15) is 0 Å². The highest BCUT2D eigenvalue weighted by atomic mass is 32.2. The number of pyridine rings is 2. The van der Waals surface area contributed by atoms with Crippen LogP contribution in [0.1, 0.15) is 12.5 Å². The molecule has 0 aliphatic carbocycles. The van der Waals surface area contributed by atoms with Gasteiger partial charge in [0.2, 0.25) is 0 Å². The van der Waals surface area contributed by atoms with E-state index in [0.29, 0.717) is 5.37 Å². The number of nitrogens with one attached hydrogen (secondary N) is 1. The zero-order chi connectivity index (χ0) is 17.7. The molecule has 0 bridgehead atoms. The second-order valence-electron chi connectivity index (χ2n) is 6.39. The molecule has 0 amide bonds. The van der Waals surface area contributed by atoms with E-state index in [4.69, 9.17) is 4.98 Å². The first-order valence-corrected chi connectivity index (χ1v) is 10.1. The van der Waals surface area contributed by atoms with E-state index in [1.807, 2.05) is 43.2 Å². The van der Waals surface area contributed by atoms with Gasteiger partial charge >= 0.3 is 0 Å². The van der Waals surface area contributed by atoms with Gasteiger partial charge in [0, 0.05) is 22.9 Å². The maximum atomic E-state index is 4.82. The summed E-state index contributed by atoms with van der Waals surface area (Å²) in [5, 5.41) is 4.91. The van der Waals surface area contributed by atoms with Gasteiger partial charge in [-0.15, -0.1) is 11.3 Å². The monoisotopic (exact) mass is 376 g/mol. The molecule has 3 aromatic heterocycles. The van der Waals surface area contributed by atoms with Crippen molar-refractivity contribution < 1.29 is 0 Å². The summed E-state index contributed by atoms with van der Waals surface area (Å²) in [5.41, 5.74) is 6.22. The van der Waals surface area contributed by atoms with Crippen molar-refractivity contribution in [1.29, 1.82) is 0 Å². The highest BCUT2D eigenvalue weighted by Crippen LogP contribution is 2.42. The zero-order valence-electron chi connectivity index (χ0n) is 14.4. The predicted octanol–water partition coefficient (Wildman–Crippen LogP) is 5.59. The number of thioether (sulfide) groups is 1. The van der Waals surface area contributed by atoms with Crippen LogP contribution in [0.4, 0.5) is 5.69 Å². The summed E-state index contributed by atoms with van der Waals surface area (Å²) in [6.45, 7) is 4.21. The molecule has 26 heavy (non-hydrogen) atoms. The number of nitrogens with zero attached hydrogens (tertiary/aromatic N) is 3. The van der Waals surface area contributed by atoms with E-state index in [-0.39, 0.29) is 0 Å². The van der Waals surface area contributed by atoms with Gasteiger partial charge in [-0.3, -0.25) is 9.97 Å². The number of hydrogen-bond donors (Lipinski definition) is 1. The van der Waals surface area contributed by atoms with Crippen LogP contribution >= 0.6 is 23.1 Å². The van der Waals surface area contributed by atoms with Gasteiger partial charge in [-0.1, -0.05) is 17.8 Å². The molecular formula is C20H16N4S2. The smallest absolute Gasteiger partial charge is 0.126 e. The van der Waals surface area contributed by atoms with Crippen LogP contribution in [0.2, 0.25) is 0 Å². The van der Waals surface area contributed by atoms with Gasteiger partial charge in [0.1, 0.15) is 5.01 Å². The molecule has 0 saturated heterocycles. The second kappa shape index (κ2) is 6.07. The van der Waals surface area contributed by atoms with Crippen LogP contribution in [0.25, 0.3) is 32.2 Å². The zero-order valence-corrected chi connectivity index (χ0v) is 16.0. The fourth-order valence-corrected chi connectivity index (χ4v) is 4.99. The van der Waals surface area contributed by atoms with Crippen LogP contribution < -0.4 is 5.32 Å². The Balaban J connectivity index is 1.49. The highest BCUT2D eigenvalue weighted by molar-refractivity contribution is 8.00. The van der Waals surface area contributed by atoms with Crippen molar-refractivity contribution in [3.05, 3.63) is 54.4 Å². The lowest BCUT2D eigenvalue weighted by atomic mass is 10.2. The summed E-state index contributed by atoms with van der Waals surface area (Å²) in [4.78, 5) is 15.1. The topological polar surface area (TPSA) is 50.7 Å². The number of hydrogen-bond acceptors (Lipinski definition) is 6. The molecule has 0 unspecified atom stereocenters. The van der Waals surface area contributed by atoms with E-state index in [1.54, 1.807) is 11.3 Å². The van der Waals surface area contributed by atoms with Crippen LogP contribution in [0.15, 0.2) is 53.7 Å². The normalized spacial score (nSPS) is 15.8. The quantitative estimate of drug-likeness (QED) is 0.494. The van der Waals surface area contributed by atoms with Crippen molar-refractivity contribution >= 4 is 39.0 Å². The van der Waals surface area contributed by atoms with Gasteiger partial charge in [0.05, 0.1) is 32.7 Å². The lowest BCUT2D eigenvalue weighted by molar-refractivity contribution is 1.15. The largest absolute Gasteiger partial charge is 0.372 e. The first-order valence-electron chi connectivity index (χ1n) is 8.43. The number of rotatable bonds is 2. The molecule has 1 aromatic carbocycles. The van der Waals surface area contributed by atoms with Crippen molar-refractivity contribution in [2.45, 2.75) is 24.1 Å². The predicted molar refractivity (Wildman–Crippen MR) is 110 cm³/mol. The van der Waals surface area contributed by atoms with Crippen molar-refractivity contribution in [3.63, 3.8) is 0 Å². The summed E-state index contributed by atoms with van der Waals surface area (Å²) in [6, 6.07) is 12.5. The van der Waals surface area contributed by atoms with Crippen LogP contribution in [0.5, 0.6) is 0 Å². The Bertz CT molecular complexity index is 1060. The summed E-state index contributed by atoms with van der Waals surface area (Å²) >= 11 is 3.55. The SMILES string of the molecule is Cc1ccc(-c2ccc(-c3nc4cc5c(cc4s3)N[C@H](C)S5)cn2)nc1. The lowest BCUT2D eigenvalue weighted by Gasteiger charge is -2.01. The second-order valence-corrected chi connectivity index (χ2v) is 8.81. The summed E-state index contributed by atoms with van der Waals surface area (Å²) < 4.78 is 1.20. The molecule has 1 N–H and O–H groups in total. The Hall–Kier alpha value is -2.44. The van der Waals surface area contributed by atoms with Crippen LogP contribution in [-0.4, -0.2) is 20.3 Å². The first-order chi connectivity index (χ1) is 12.7. The third-order valence-electron chi connectivity index (χ3n) is 4.34. The van der Waals surface area contributed by atoms with Crippen molar-refractivity contribution in [3.8, 4) is 22.0 Å². The minimum atomic E-state index is 0.424. The van der Waals surface area contributed by atoms with Crippen LogP contribution in [0.3, 0.4) is 0 Å². The fourth-order valence-electron chi connectivity index (χ4n) is 3.02. The minimum absolute atomic E-state index is 0.424. The number of aryl methyl sites for hydroxylation is 1. The van der Waals surface area contributed by atoms with E-state index in [0.717, 1.165) is 33.0 Å². The van der Waals surface area contributed by atoms with Gasteiger partial charge in [0.15, 0.2) is 0 Å². The van der Waals surface area contributed by atoms with Crippen molar-refractivity contribution in [2.75, 3.05) is 5.32 Å². The highest BCUT2D eigenvalue weighted by Gasteiger charge is 2.19. The van der Waals surface area contributed by atoms with Crippen LogP contribution in [0, 0.1) is 6.92 Å². The molecule has 1 aliphatic heterocycles. The Labute approximate surface area is 159 Å². The molecule has 4 heterocycles. The van der Waals surface area contributed by atoms with E-state index in [2.05, 4.69) is 46.5 Å². The molecule has 1 aliphatic rings. The molecule has 1 atom stereocenters. The molecule has 6 heteroatoms. The van der Waals surface area contributed by atoms with Gasteiger partial charge in [-0.05, 0) is 49.7 Å². The molecule has 128 valence electrons. The molecule has 4 aromatic rings. The summed E-state index contributed by atoms with van der Waals surface area (Å²) in [6.07, 6.45) is 3.75. The Morgan fingerprint density at radius 1 is 1.00 bits per heavy atom. The van der Waals surface area contributed by atoms with Gasteiger partial charge in [-0.25, -0.2) is 4.98 Å². The van der Waals surface area contributed by atoms with Gasteiger partial charge < -0.3 is 5.32 Å². The summed E-state index contributed by atoms with van der Waals surface area (Å²) in [7, 11) is 0. The number of thiazole rings is 1. The molecule has 4 nitrogen and oxygen atoms in total. The number of fused-ring (bicyclic) bond motifs is 2. The number of benzene rings is 1. The molecule has 0 radical (unpaired) electrons. The minimum Gasteiger partial charge on any atom is -0.372 e. The maximum Gasteiger partial charge on any atom is 0.126 e. The Morgan fingerprint density at radius 2 is 1.81 bits per heavy atom. The van der Waals surface area contributed by atoms with Crippen molar-refractivity contribution in [2.24, 2.45) is 0 Å². The van der Waals surface area contributed by atoms with E-state index >= 15 is 0 Å². The molecule has 5 rings (SSSR count). The lowest BCUT2D eigenvalue weighted by Crippen LogP contribution is -2.02. The number of anilines is 1. The van der Waals surface area contributed by atoms with E-state index < -0.39 is 0 Å². The van der Waals surface area contributed by atoms with Crippen molar-refractivity contribution in [1.82, 2.24) is 15.0 Å². The maximum absolute atomic E-state index is 4.82. The molecular weight excluding hydrogens is 360 g/mol. The summed E-state index contributed by atoms with van der Waals surface area (Å²) in [5.74, 6) is 0.